The van der Waals surface area contributed by atoms with Crippen LogP contribution in [0.25, 0.3) is 0 Å². The van der Waals surface area contributed by atoms with E-state index in [1.165, 1.54) is 18.5 Å². The van der Waals surface area contributed by atoms with Crippen LogP contribution in [-0.2, 0) is 18.9 Å². The Morgan fingerprint density at radius 1 is 1.27 bits per heavy atom. The van der Waals surface area contributed by atoms with E-state index in [0.717, 1.165) is 0 Å². The van der Waals surface area contributed by atoms with E-state index in [4.69, 9.17) is 18.9 Å². The van der Waals surface area contributed by atoms with Crippen molar-refractivity contribution in [3.63, 3.8) is 0 Å². The van der Waals surface area contributed by atoms with E-state index in [1.807, 2.05) is 0 Å². The summed E-state index contributed by atoms with van der Waals surface area (Å²) in [6.07, 6.45) is 2.37. The maximum absolute atomic E-state index is 12.0. The highest BCUT2D eigenvalue weighted by molar-refractivity contribution is 5.94. The number of esters is 2. The molecular formula is C15H19NO6. The van der Waals surface area contributed by atoms with Gasteiger partial charge in [-0.05, 0) is 26.8 Å². The van der Waals surface area contributed by atoms with Gasteiger partial charge in [-0.1, -0.05) is 0 Å². The minimum absolute atomic E-state index is 0.0753. The monoisotopic (exact) mass is 309 g/mol. The summed E-state index contributed by atoms with van der Waals surface area (Å²) in [6.45, 7) is 5.98. The van der Waals surface area contributed by atoms with E-state index < -0.39 is 17.7 Å². The van der Waals surface area contributed by atoms with Crippen LogP contribution in [0.2, 0.25) is 0 Å². The van der Waals surface area contributed by atoms with E-state index in [2.05, 4.69) is 4.98 Å². The second-order valence-electron chi connectivity index (χ2n) is 5.23. The summed E-state index contributed by atoms with van der Waals surface area (Å²) in [4.78, 5) is 27.4. The molecule has 120 valence electrons. The van der Waals surface area contributed by atoms with Crippen LogP contribution in [-0.4, -0.2) is 48.6 Å². The zero-order valence-electron chi connectivity index (χ0n) is 12.8. The summed E-state index contributed by atoms with van der Waals surface area (Å²) in [5.74, 6) is -1.77. The average molecular weight is 309 g/mol. The Morgan fingerprint density at radius 2 is 1.91 bits per heavy atom. The molecule has 1 unspecified atom stereocenters. The Bertz CT molecular complexity index is 557. The number of rotatable bonds is 5. The molecule has 1 aromatic heterocycles. The normalized spacial score (nSPS) is 19.7. The summed E-state index contributed by atoms with van der Waals surface area (Å²) < 4.78 is 20.9. The molecule has 0 aromatic carbocycles. The lowest BCUT2D eigenvalue weighted by Gasteiger charge is -2.17. The predicted octanol–water partition coefficient (Wildman–Crippen LogP) is 1.57. The third-order valence-corrected chi connectivity index (χ3v) is 2.95. The molecule has 1 aliphatic rings. The number of aromatic nitrogens is 1. The third kappa shape index (κ3) is 4.25. The van der Waals surface area contributed by atoms with Crippen LogP contribution in [0.3, 0.4) is 0 Å². The maximum Gasteiger partial charge on any atom is 0.339 e. The summed E-state index contributed by atoms with van der Waals surface area (Å²) in [7, 11) is 0. The van der Waals surface area contributed by atoms with Crippen molar-refractivity contribution in [1.82, 2.24) is 4.98 Å². The first-order chi connectivity index (χ1) is 10.4. The first kappa shape index (κ1) is 16.4. The highest BCUT2D eigenvalue weighted by atomic mass is 16.7. The Labute approximate surface area is 128 Å². The molecule has 1 fully saturated rings. The molecule has 0 spiro atoms. The van der Waals surface area contributed by atoms with Crippen molar-refractivity contribution in [2.45, 2.75) is 32.7 Å². The van der Waals surface area contributed by atoms with Gasteiger partial charge < -0.3 is 18.9 Å². The fourth-order valence-corrected chi connectivity index (χ4v) is 1.97. The van der Waals surface area contributed by atoms with Gasteiger partial charge in [-0.15, -0.1) is 0 Å². The van der Waals surface area contributed by atoms with E-state index in [0.29, 0.717) is 6.61 Å². The second-order valence-corrected chi connectivity index (χ2v) is 5.23. The van der Waals surface area contributed by atoms with Crippen molar-refractivity contribution >= 4 is 11.9 Å². The van der Waals surface area contributed by atoms with Crippen molar-refractivity contribution in [2.75, 3.05) is 19.8 Å². The molecule has 1 saturated heterocycles. The molecule has 0 amide bonds. The van der Waals surface area contributed by atoms with Crippen LogP contribution >= 0.6 is 0 Å². The number of ether oxygens (including phenoxy) is 4. The van der Waals surface area contributed by atoms with Crippen LogP contribution in [0.1, 0.15) is 41.5 Å². The van der Waals surface area contributed by atoms with Crippen LogP contribution in [0.4, 0.5) is 0 Å². The first-order valence-electron chi connectivity index (χ1n) is 7.02. The molecule has 7 heteroatoms. The van der Waals surface area contributed by atoms with E-state index in [9.17, 15) is 9.59 Å². The van der Waals surface area contributed by atoms with Gasteiger partial charge in [0.05, 0.1) is 24.3 Å². The highest BCUT2D eigenvalue weighted by Crippen LogP contribution is 2.22. The van der Waals surface area contributed by atoms with E-state index >= 15 is 0 Å². The molecule has 0 N–H and O–H groups in total. The van der Waals surface area contributed by atoms with Gasteiger partial charge in [0.25, 0.3) is 0 Å². The zero-order chi connectivity index (χ0) is 16.2. The second kappa shape index (κ2) is 6.85. The van der Waals surface area contributed by atoms with Gasteiger partial charge in [-0.25, -0.2) is 9.59 Å². The van der Waals surface area contributed by atoms with Crippen molar-refractivity contribution < 1.29 is 28.5 Å². The molecule has 0 saturated carbocycles. The molecule has 2 heterocycles. The van der Waals surface area contributed by atoms with Crippen LogP contribution < -0.4 is 0 Å². The van der Waals surface area contributed by atoms with Gasteiger partial charge in [0.15, 0.2) is 5.79 Å². The average Bonchev–Trinajstić information content (AvgIpc) is 2.84. The van der Waals surface area contributed by atoms with E-state index in [-0.39, 0.29) is 30.4 Å². The first-order valence-corrected chi connectivity index (χ1v) is 7.02. The molecule has 0 aliphatic carbocycles. The van der Waals surface area contributed by atoms with Gasteiger partial charge in [0.2, 0.25) is 0 Å². The third-order valence-electron chi connectivity index (χ3n) is 2.95. The van der Waals surface area contributed by atoms with Crippen LogP contribution in [0, 0.1) is 0 Å². The minimum Gasteiger partial charge on any atom is -0.462 e. The fraction of sp³-hybridized carbons (Fsp3) is 0.533. The quantitative estimate of drug-likeness (QED) is 0.763. The Morgan fingerprint density at radius 3 is 2.45 bits per heavy atom. The summed E-state index contributed by atoms with van der Waals surface area (Å²) in [5, 5.41) is 0. The van der Waals surface area contributed by atoms with Crippen LogP contribution in [0.5, 0.6) is 0 Å². The smallest absolute Gasteiger partial charge is 0.339 e. The Hall–Kier alpha value is -1.99. The number of nitrogens with zero attached hydrogens (tertiary/aromatic N) is 1. The lowest BCUT2D eigenvalue weighted by molar-refractivity contribution is -0.142. The Balaban J connectivity index is 1.92. The molecule has 7 nitrogen and oxygen atoms in total. The van der Waals surface area contributed by atoms with Crippen molar-refractivity contribution in [3.05, 3.63) is 29.6 Å². The SMILES string of the molecule is CCOC(=O)c1cncc(C(=O)OCC2COC(C)(C)O2)c1. The molecule has 1 aromatic rings. The van der Waals surface area contributed by atoms with Crippen molar-refractivity contribution in [2.24, 2.45) is 0 Å². The predicted molar refractivity (Wildman–Crippen MR) is 75.4 cm³/mol. The number of hydrogen-bond donors (Lipinski definition) is 0. The molecule has 2 rings (SSSR count). The number of carbonyl (C=O) groups is 2. The highest BCUT2D eigenvalue weighted by Gasteiger charge is 2.33. The van der Waals surface area contributed by atoms with Gasteiger partial charge >= 0.3 is 11.9 Å². The minimum atomic E-state index is -0.664. The summed E-state index contributed by atoms with van der Waals surface area (Å²) in [5.41, 5.74) is 0.390. The maximum atomic E-state index is 12.0. The zero-order valence-corrected chi connectivity index (χ0v) is 12.8. The van der Waals surface area contributed by atoms with Gasteiger partial charge in [-0.3, -0.25) is 4.98 Å². The number of pyridine rings is 1. The van der Waals surface area contributed by atoms with E-state index in [1.54, 1.807) is 20.8 Å². The fourth-order valence-electron chi connectivity index (χ4n) is 1.97. The van der Waals surface area contributed by atoms with Gasteiger partial charge in [-0.2, -0.15) is 0 Å². The lowest BCUT2D eigenvalue weighted by atomic mass is 10.2. The molecule has 0 bridgehead atoms. The standard InChI is InChI=1S/C15H19NO6/c1-4-19-13(17)10-5-11(7-16-6-10)14(18)20-8-12-9-21-15(2,3)22-12/h5-7,12H,4,8-9H2,1-3H3. The number of hydrogen-bond acceptors (Lipinski definition) is 7. The lowest BCUT2D eigenvalue weighted by Crippen LogP contribution is -2.25. The topological polar surface area (TPSA) is 84.0 Å². The molecular weight excluding hydrogens is 290 g/mol. The van der Waals surface area contributed by atoms with Gasteiger partial charge in [0.1, 0.15) is 12.7 Å². The van der Waals surface area contributed by atoms with Crippen molar-refractivity contribution in [1.29, 1.82) is 0 Å². The molecule has 1 atom stereocenters. The molecule has 1 aliphatic heterocycles. The molecule has 22 heavy (non-hydrogen) atoms. The van der Waals surface area contributed by atoms with Crippen molar-refractivity contribution in [3.8, 4) is 0 Å². The Kier molecular flexibility index (Phi) is 5.10. The molecule has 0 radical (unpaired) electrons. The largest absolute Gasteiger partial charge is 0.462 e. The summed E-state index contributed by atoms with van der Waals surface area (Å²) >= 11 is 0. The number of carbonyl (C=O) groups excluding carboxylic acids is 2. The van der Waals surface area contributed by atoms with Crippen LogP contribution in [0.15, 0.2) is 18.5 Å². The van der Waals surface area contributed by atoms with Gasteiger partial charge in [0, 0.05) is 12.4 Å². The summed E-state index contributed by atoms with van der Waals surface area (Å²) in [6, 6.07) is 1.39.